The first-order valence-corrected chi connectivity index (χ1v) is 8.10. The molecule has 6 heteroatoms. The summed E-state index contributed by atoms with van der Waals surface area (Å²) in [7, 11) is 0. The maximum absolute atomic E-state index is 12.5. The minimum atomic E-state index is -0.479. The van der Waals surface area contributed by atoms with Crippen molar-refractivity contribution in [2.45, 2.75) is 32.7 Å². The molecule has 1 aromatic heterocycles. The molecule has 0 aliphatic heterocycles. The highest BCUT2D eigenvalue weighted by molar-refractivity contribution is 5.84. The number of benzene rings is 1. The van der Waals surface area contributed by atoms with Crippen molar-refractivity contribution in [1.29, 1.82) is 0 Å². The molecule has 1 heterocycles. The number of anilines is 1. The predicted octanol–water partition coefficient (Wildman–Crippen LogP) is 1.62. The summed E-state index contributed by atoms with van der Waals surface area (Å²) in [5, 5.41) is 14.8. The summed E-state index contributed by atoms with van der Waals surface area (Å²) in [4.78, 5) is 21.2. The van der Waals surface area contributed by atoms with Crippen LogP contribution in [0.3, 0.4) is 0 Å². The lowest BCUT2D eigenvalue weighted by Crippen LogP contribution is -2.42. The Morgan fingerprint density at radius 3 is 2.46 bits per heavy atom. The van der Waals surface area contributed by atoms with Gasteiger partial charge in [-0.05, 0) is 31.9 Å². The summed E-state index contributed by atoms with van der Waals surface area (Å²) in [5.41, 5.74) is 2.75. The lowest BCUT2D eigenvalue weighted by Gasteiger charge is -2.19. The van der Waals surface area contributed by atoms with Gasteiger partial charge in [0.2, 0.25) is 11.9 Å². The second kappa shape index (κ2) is 8.98. The number of carbonyl (C=O) groups excluding carboxylic acids is 1. The number of hydrogen-bond donors (Lipinski definition) is 3. The van der Waals surface area contributed by atoms with Crippen LogP contribution in [0.15, 0.2) is 36.4 Å². The quantitative estimate of drug-likeness (QED) is 0.641. The molecule has 0 saturated carbocycles. The first kappa shape index (κ1) is 17.9. The Morgan fingerprint density at radius 1 is 1.17 bits per heavy atom. The number of rotatable bonds is 8. The molecule has 0 fully saturated rings. The summed E-state index contributed by atoms with van der Waals surface area (Å²) < 4.78 is 0. The average Bonchev–Trinajstić information content (AvgIpc) is 2.54. The van der Waals surface area contributed by atoms with E-state index in [1.165, 1.54) is 0 Å². The van der Waals surface area contributed by atoms with E-state index in [2.05, 4.69) is 20.6 Å². The molecule has 6 nitrogen and oxygen atoms in total. The molecule has 0 spiro atoms. The van der Waals surface area contributed by atoms with E-state index in [-0.39, 0.29) is 12.5 Å². The van der Waals surface area contributed by atoms with Gasteiger partial charge in [0, 0.05) is 31.0 Å². The highest BCUT2D eigenvalue weighted by Gasteiger charge is 2.19. The van der Waals surface area contributed by atoms with Crippen molar-refractivity contribution in [2.24, 2.45) is 0 Å². The van der Waals surface area contributed by atoms with E-state index in [4.69, 9.17) is 5.11 Å². The molecule has 1 amide bonds. The molecule has 0 radical (unpaired) electrons. The van der Waals surface area contributed by atoms with Crippen LogP contribution in [0, 0.1) is 13.8 Å². The van der Waals surface area contributed by atoms with Crippen LogP contribution in [0.5, 0.6) is 0 Å². The largest absolute Gasteiger partial charge is 0.396 e. The molecule has 2 aromatic rings. The molecule has 24 heavy (non-hydrogen) atoms. The van der Waals surface area contributed by atoms with Gasteiger partial charge in [-0.25, -0.2) is 9.97 Å². The Labute approximate surface area is 142 Å². The highest BCUT2D eigenvalue weighted by Crippen LogP contribution is 2.10. The van der Waals surface area contributed by atoms with Crippen LogP contribution >= 0.6 is 0 Å². The zero-order valence-corrected chi connectivity index (χ0v) is 14.1. The summed E-state index contributed by atoms with van der Waals surface area (Å²) in [6, 6.07) is 11.2. The number of aliphatic hydroxyl groups excluding tert-OH is 1. The molecule has 1 aromatic carbocycles. The standard InChI is InChI=1S/C18H24N4O2/c1-13-11-14(2)21-18(20-13)22-16(17(24)19-9-6-10-23)12-15-7-4-3-5-8-15/h3-5,7-8,11,16,23H,6,9-10,12H2,1-2H3,(H,19,24)(H,20,21,22)/t16-/m1/s1. The first-order valence-electron chi connectivity index (χ1n) is 8.10. The van der Waals surface area contributed by atoms with Gasteiger partial charge in [0.05, 0.1) is 0 Å². The van der Waals surface area contributed by atoms with Crippen LogP contribution in [0.25, 0.3) is 0 Å². The zero-order valence-electron chi connectivity index (χ0n) is 14.1. The van der Waals surface area contributed by atoms with E-state index in [0.29, 0.717) is 25.3 Å². The van der Waals surface area contributed by atoms with E-state index in [1.54, 1.807) is 0 Å². The third-order valence-corrected chi connectivity index (χ3v) is 3.52. The van der Waals surface area contributed by atoms with E-state index in [0.717, 1.165) is 17.0 Å². The van der Waals surface area contributed by atoms with Crippen LogP contribution in [-0.4, -0.2) is 40.2 Å². The Balaban J connectivity index is 2.13. The monoisotopic (exact) mass is 328 g/mol. The topological polar surface area (TPSA) is 87.1 Å². The molecular weight excluding hydrogens is 304 g/mol. The predicted molar refractivity (Wildman–Crippen MR) is 93.8 cm³/mol. The van der Waals surface area contributed by atoms with Crippen LogP contribution in [0.4, 0.5) is 5.95 Å². The van der Waals surface area contributed by atoms with Crippen molar-refractivity contribution in [3.8, 4) is 0 Å². The number of carbonyl (C=O) groups is 1. The second-order valence-electron chi connectivity index (χ2n) is 5.73. The van der Waals surface area contributed by atoms with Crippen molar-refractivity contribution < 1.29 is 9.90 Å². The number of amides is 1. The van der Waals surface area contributed by atoms with Crippen molar-refractivity contribution >= 4 is 11.9 Å². The maximum Gasteiger partial charge on any atom is 0.242 e. The Morgan fingerprint density at radius 2 is 1.83 bits per heavy atom. The molecule has 0 aliphatic rings. The van der Waals surface area contributed by atoms with E-state index >= 15 is 0 Å². The highest BCUT2D eigenvalue weighted by atomic mass is 16.3. The number of aromatic nitrogens is 2. The lowest BCUT2D eigenvalue weighted by atomic mass is 10.1. The lowest BCUT2D eigenvalue weighted by molar-refractivity contribution is -0.121. The van der Waals surface area contributed by atoms with E-state index in [1.807, 2.05) is 50.2 Å². The average molecular weight is 328 g/mol. The zero-order chi connectivity index (χ0) is 17.4. The fourth-order valence-electron chi connectivity index (χ4n) is 2.42. The molecule has 2 rings (SSSR count). The maximum atomic E-state index is 12.5. The first-order chi connectivity index (χ1) is 11.6. The number of aryl methyl sites for hydroxylation is 2. The summed E-state index contributed by atoms with van der Waals surface area (Å²) >= 11 is 0. The molecular formula is C18H24N4O2. The van der Waals surface area contributed by atoms with Gasteiger partial charge in [-0.2, -0.15) is 0 Å². The smallest absolute Gasteiger partial charge is 0.242 e. The summed E-state index contributed by atoms with van der Waals surface area (Å²) in [6.45, 7) is 4.29. The van der Waals surface area contributed by atoms with Gasteiger partial charge < -0.3 is 15.7 Å². The van der Waals surface area contributed by atoms with Crippen molar-refractivity contribution in [3.05, 3.63) is 53.3 Å². The molecule has 0 unspecified atom stereocenters. The third kappa shape index (κ3) is 5.62. The Bertz CT molecular complexity index is 641. The van der Waals surface area contributed by atoms with E-state index in [9.17, 15) is 4.79 Å². The van der Waals surface area contributed by atoms with Gasteiger partial charge in [-0.15, -0.1) is 0 Å². The molecule has 1 atom stereocenters. The van der Waals surface area contributed by atoms with Gasteiger partial charge >= 0.3 is 0 Å². The normalized spacial score (nSPS) is 11.8. The molecule has 0 bridgehead atoms. The van der Waals surface area contributed by atoms with E-state index < -0.39 is 6.04 Å². The van der Waals surface area contributed by atoms with Gasteiger partial charge in [-0.1, -0.05) is 30.3 Å². The van der Waals surface area contributed by atoms with Gasteiger partial charge in [0.25, 0.3) is 0 Å². The van der Waals surface area contributed by atoms with Crippen LogP contribution in [0.2, 0.25) is 0 Å². The molecule has 128 valence electrons. The molecule has 0 saturated heterocycles. The van der Waals surface area contributed by atoms with Crippen LogP contribution in [0.1, 0.15) is 23.4 Å². The number of hydrogen-bond acceptors (Lipinski definition) is 5. The Hall–Kier alpha value is -2.47. The SMILES string of the molecule is Cc1cc(C)nc(N[C@H](Cc2ccccc2)C(=O)NCCCO)n1. The summed E-state index contributed by atoms with van der Waals surface area (Å²) in [5.74, 6) is 0.320. The fourth-order valence-corrected chi connectivity index (χ4v) is 2.42. The Kier molecular flexibility index (Phi) is 6.69. The minimum Gasteiger partial charge on any atom is -0.396 e. The van der Waals surface area contributed by atoms with Crippen LogP contribution in [-0.2, 0) is 11.2 Å². The van der Waals surface area contributed by atoms with Gasteiger partial charge in [0.1, 0.15) is 6.04 Å². The minimum absolute atomic E-state index is 0.0528. The number of aliphatic hydroxyl groups is 1. The van der Waals surface area contributed by atoms with Crippen molar-refractivity contribution in [1.82, 2.24) is 15.3 Å². The summed E-state index contributed by atoms with van der Waals surface area (Å²) in [6.07, 6.45) is 1.06. The second-order valence-corrected chi connectivity index (χ2v) is 5.73. The number of nitrogens with zero attached hydrogens (tertiary/aromatic N) is 2. The molecule has 3 N–H and O–H groups in total. The fraction of sp³-hybridized carbons (Fsp3) is 0.389. The van der Waals surface area contributed by atoms with Crippen molar-refractivity contribution in [2.75, 3.05) is 18.5 Å². The number of nitrogens with one attached hydrogen (secondary N) is 2. The van der Waals surface area contributed by atoms with Crippen molar-refractivity contribution in [3.63, 3.8) is 0 Å². The van der Waals surface area contributed by atoms with Crippen LogP contribution < -0.4 is 10.6 Å². The van der Waals surface area contributed by atoms with Gasteiger partial charge in [-0.3, -0.25) is 4.79 Å². The van der Waals surface area contributed by atoms with Gasteiger partial charge in [0.15, 0.2) is 0 Å². The third-order valence-electron chi connectivity index (χ3n) is 3.52. The molecule has 0 aliphatic carbocycles.